The zero-order valence-electron chi connectivity index (χ0n) is 17.8. The van der Waals surface area contributed by atoms with E-state index in [9.17, 15) is 14.7 Å². The average molecular weight is 449 g/mol. The number of nitrogens with zero attached hydrogens (tertiary/aromatic N) is 2. The number of carbonyl (C=O) groups is 2. The lowest BCUT2D eigenvalue weighted by atomic mass is 9.97. The van der Waals surface area contributed by atoms with Gasteiger partial charge in [-0.25, -0.2) is 0 Å². The minimum atomic E-state index is -0.890. The van der Waals surface area contributed by atoms with Crippen molar-refractivity contribution in [2.45, 2.75) is 19.9 Å². The molecule has 0 bridgehead atoms. The number of anilines is 1. The fourth-order valence-corrected chi connectivity index (χ4v) is 4.03. The first-order valence-corrected chi connectivity index (χ1v) is 10.3. The SMILES string of the molecule is COc1cc(/C(O)=C2/C(=O)C(=O)N(c3cc(C)ccc3C)C2c2ccccn2)ccc1Cl. The first-order valence-electron chi connectivity index (χ1n) is 9.96. The molecule has 32 heavy (non-hydrogen) atoms. The third-order valence-corrected chi connectivity index (χ3v) is 5.77. The second-order valence-corrected chi connectivity index (χ2v) is 7.97. The highest BCUT2D eigenvalue weighted by Crippen LogP contribution is 2.43. The molecule has 0 aliphatic carbocycles. The van der Waals surface area contributed by atoms with Crippen molar-refractivity contribution in [3.63, 3.8) is 0 Å². The summed E-state index contributed by atoms with van der Waals surface area (Å²) in [6, 6.07) is 14.7. The molecule has 7 heteroatoms. The number of halogens is 1. The van der Waals surface area contributed by atoms with Gasteiger partial charge >= 0.3 is 0 Å². The Morgan fingerprint density at radius 1 is 1.09 bits per heavy atom. The van der Waals surface area contributed by atoms with E-state index in [1.165, 1.54) is 18.1 Å². The van der Waals surface area contributed by atoms with E-state index in [0.717, 1.165) is 11.1 Å². The van der Waals surface area contributed by atoms with Crippen molar-refractivity contribution in [3.8, 4) is 5.75 Å². The largest absolute Gasteiger partial charge is 0.507 e. The van der Waals surface area contributed by atoms with Crippen molar-refractivity contribution >= 4 is 34.7 Å². The molecule has 1 saturated heterocycles. The molecule has 3 aromatic rings. The van der Waals surface area contributed by atoms with Gasteiger partial charge in [0.1, 0.15) is 17.6 Å². The summed E-state index contributed by atoms with van der Waals surface area (Å²) in [4.78, 5) is 32.2. The predicted octanol–water partition coefficient (Wildman–Crippen LogP) is 4.99. The van der Waals surface area contributed by atoms with E-state index in [1.807, 2.05) is 32.0 Å². The number of aromatic nitrogens is 1. The number of ether oxygens (including phenoxy) is 1. The number of carbonyl (C=O) groups excluding carboxylic acids is 2. The van der Waals surface area contributed by atoms with E-state index in [2.05, 4.69) is 4.98 Å². The molecule has 4 rings (SSSR count). The number of benzene rings is 2. The normalized spacial score (nSPS) is 17.6. The van der Waals surface area contributed by atoms with Crippen LogP contribution in [-0.4, -0.2) is 28.9 Å². The monoisotopic (exact) mass is 448 g/mol. The second-order valence-electron chi connectivity index (χ2n) is 7.56. The number of aryl methyl sites for hydroxylation is 2. The van der Waals surface area contributed by atoms with Gasteiger partial charge in [-0.2, -0.15) is 0 Å². The Kier molecular flexibility index (Phi) is 5.72. The molecule has 162 valence electrons. The lowest BCUT2D eigenvalue weighted by molar-refractivity contribution is -0.132. The molecular formula is C25H21ClN2O4. The summed E-state index contributed by atoms with van der Waals surface area (Å²) in [5, 5.41) is 11.6. The van der Waals surface area contributed by atoms with Crippen LogP contribution in [0.2, 0.25) is 5.02 Å². The van der Waals surface area contributed by atoms with E-state index >= 15 is 0 Å². The standard InChI is InChI=1S/C25H21ClN2O4/c1-14-7-8-15(2)19(12-14)28-22(18-6-4-5-11-27-18)21(24(30)25(28)31)23(29)16-9-10-17(26)20(13-16)32-3/h4-13,22,29H,1-3H3/b23-21-. The van der Waals surface area contributed by atoms with Gasteiger partial charge in [0.05, 0.1) is 23.4 Å². The van der Waals surface area contributed by atoms with E-state index in [-0.39, 0.29) is 11.3 Å². The molecule has 1 aromatic heterocycles. The van der Waals surface area contributed by atoms with Crippen molar-refractivity contribution in [2.75, 3.05) is 12.0 Å². The summed E-state index contributed by atoms with van der Waals surface area (Å²) >= 11 is 6.11. The molecule has 0 radical (unpaired) electrons. The van der Waals surface area contributed by atoms with Crippen molar-refractivity contribution in [1.82, 2.24) is 4.98 Å². The highest BCUT2D eigenvalue weighted by atomic mass is 35.5. The lowest BCUT2D eigenvalue weighted by Gasteiger charge is -2.26. The molecular weight excluding hydrogens is 428 g/mol. The van der Waals surface area contributed by atoms with E-state index in [0.29, 0.717) is 27.7 Å². The number of amides is 1. The summed E-state index contributed by atoms with van der Waals surface area (Å²) in [6.07, 6.45) is 1.59. The number of aliphatic hydroxyl groups is 1. The van der Waals surface area contributed by atoms with Crippen molar-refractivity contribution in [1.29, 1.82) is 0 Å². The van der Waals surface area contributed by atoms with Crippen molar-refractivity contribution in [2.24, 2.45) is 0 Å². The minimum absolute atomic E-state index is 0.0426. The summed E-state index contributed by atoms with van der Waals surface area (Å²) in [6.45, 7) is 3.78. The van der Waals surface area contributed by atoms with Gasteiger partial charge < -0.3 is 9.84 Å². The highest BCUT2D eigenvalue weighted by molar-refractivity contribution is 6.51. The molecule has 1 fully saturated rings. The Labute approximate surface area is 190 Å². The molecule has 1 aliphatic rings. The number of hydrogen-bond acceptors (Lipinski definition) is 5. The Morgan fingerprint density at radius 2 is 1.88 bits per heavy atom. The third kappa shape index (κ3) is 3.63. The summed E-state index contributed by atoms with van der Waals surface area (Å²) < 4.78 is 5.24. The highest BCUT2D eigenvalue weighted by Gasteiger charge is 2.48. The molecule has 6 nitrogen and oxygen atoms in total. The van der Waals surface area contributed by atoms with E-state index in [4.69, 9.17) is 16.3 Å². The topological polar surface area (TPSA) is 79.7 Å². The molecule has 2 aromatic carbocycles. The number of methoxy groups -OCH3 is 1. The molecule has 0 spiro atoms. The van der Waals surface area contributed by atoms with E-state index in [1.54, 1.807) is 36.5 Å². The predicted molar refractivity (Wildman–Crippen MR) is 123 cm³/mol. The van der Waals surface area contributed by atoms with Crippen LogP contribution in [0.4, 0.5) is 5.69 Å². The number of pyridine rings is 1. The summed E-state index contributed by atoms with van der Waals surface area (Å²) in [5.41, 5.74) is 3.09. The number of Topliss-reactive ketones (excluding diaryl/α,β-unsaturated/α-hetero) is 1. The smallest absolute Gasteiger partial charge is 0.300 e. The van der Waals surface area contributed by atoms with Crippen LogP contribution in [0.25, 0.3) is 5.76 Å². The fourth-order valence-electron chi connectivity index (χ4n) is 3.84. The van der Waals surface area contributed by atoms with Crippen LogP contribution >= 0.6 is 11.6 Å². The van der Waals surface area contributed by atoms with Crippen LogP contribution < -0.4 is 9.64 Å². The van der Waals surface area contributed by atoms with Crippen LogP contribution in [0.1, 0.15) is 28.4 Å². The fraction of sp³-hybridized carbons (Fsp3) is 0.160. The molecule has 2 heterocycles. The molecule has 0 saturated carbocycles. The number of rotatable bonds is 4. The van der Waals surface area contributed by atoms with Gasteiger partial charge in [0.25, 0.3) is 11.7 Å². The van der Waals surface area contributed by atoms with Crippen LogP contribution in [0.5, 0.6) is 5.75 Å². The first-order chi connectivity index (χ1) is 15.3. The summed E-state index contributed by atoms with van der Waals surface area (Å²) in [7, 11) is 1.46. The van der Waals surface area contributed by atoms with Gasteiger partial charge in [-0.1, -0.05) is 29.8 Å². The van der Waals surface area contributed by atoms with Gasteiger partial charge in [0.15, 0.2) is 0 Å². The Morgan fingerprint density at radius 3 is 2.56 bits per heavy atom. The minimum Gasteiger partial charge on any atom is -0.507 e. The van der Waals surface area contributed by atoms with Gasteiger partial charge in [0.2, 0.25) is 0 Å². The molecule has 1 aliphatic heterocycles. The maximum atomic E-state index is 13.2. The van der Waals surface area contributed by atoms with Gasteiger partial charge in [-0.3, -0.25) is 19.5 Å². The van der Waals surface area contributed by atoms with Gasteiger partial charge in [-0.05, 0) is 61.4 Å². The first kappa shape index (κ1) is 21.6. The van der Waals surface area contributed by atoms with Crippen LogP contribution in [0.15, 0.2) is 66.4 Å². The maximum absolute atomic E-state index is 13.2. The van der Waals surface area contributed by atoms with Crippen LogP contribution in [0, 0.1) is 13.8 Å². The Hall–Kier alpha value is -3.64. The van der Waals surface area contributed by atoms with Crippen LogP contribution in [0.3, 0.4) is 0 Å². The zero-order valence-corrected chi connectivity index (χ0v) is 18.6. The zero-order chi connectivity index (χ0) is 23.0. The Bertz CT molecular complexity index is 1250. The molecule has 1 amide bonds. The van der Waals surface area contributed by atoms with Crippen LogP contribution in [-0.2, 0) is 9.59 Å². The quantitative estimate of drug-likeness (QED) is 0.345. The number of aliphatic hydroxyl groups excluding tert-OH is 1. The molecule has 1 atom stereocenters. The lowest BCUT2D eigenvalue weighted by Crippen LogP contribution is -2.30. The molecule has 1 unspecified atom stereocenters. The molecule has 1 N–H and O–H groups in total. The average Bonchev–Trinajstić information content (AvgIpc) is 3.06. The number of ketones is 1. The maximum Gasteiger partial charge on any atom is 0.300 e. The van der Waals surface area contributed by atoms with Crippen molar-refractivity contribution in [3.05, 3.63) is 93.8 Å². The van der Waals surface area contributed by atoms with Crippen molar-refractivity contribution < 1.29 is 19.4 Å². The van der Waals surface area contributed by atoms with E-state index < -0.39 is 17.7 Å². The number of hydrogen-bond donors (Lipinski definition) is 1. The van der Waals surface area contributed by atoms with Gasteiger partial charge in [0, 0.05) is 17.4 Å². The Balaban J connectivity index is 1.97. The van der Waals surface area contributed by atoms with Gasteiger partial charge in [-0.15, -0.1) is 0 Å². The summed E-state index contributed by atoms with van der Waals surface area (Å²) in [5.74, 6) is -1.49. The second kappa shape index (κ2) is 8.48. The third-order valence-electron chi connectivity index (χ3n) is 5.46.